The van der Waals surface area contributed by atoms with Crippen molar-refractivity contribution in [2.45, 2.75) is 31.5 Å². The van der Waals surface area contributed by atoms with E-state index in [1.165, 1.54) is 16.7 Å². The number of alkyl halides is 3. The predicted octanol–water partition coefficient (Wildman–Crippen LogP) is 4.66. The zero-order valence-electron chi connectivity index (χ0n) is 24.6. The van der Waals surface area contributed by atoms with Crippen molar-refractivity contribution in [3.8, 4) is 5.69 Å². The summed E-state index contributed by atoms with van der Waals surface area (Å²) in [6.07, 6.45) is -2.90. The molecule has 1 aromatic heterocycles. The molecule has 0 saturated carbocycles. The van der Waals surface area contributed by atoms with Crippen LogP contribution in [0.4, 0.5) is 18.9 Å². The molecule has 3 aromatic carbocycles. The highest BCUT2D eigenvalue weighted by Crippen LogP contribution is 2.25. The monoisotopic (exact) mass is 694 g/mol. The van der Waals surface area contributed by atoms with Crippen LogP contribution in [-0.2, 0) is 23.1 Å². The van der Waals surface area contributed by atoms with Crippen LogP contribution in [0.15, 0.2) is 70.3 Å². The Balaban J connectivity index is 0.000000644. The van der Waals surface area contributed by atoms with Gasteiger partial charge in [-0.05, 0) is 60.9 Å². The van der Waals surface area contributed by atoms with Gasteiger partial charge in [0.1, 0.15) is 6.04 Å². The number of carbonyl (C=O) groups excluding carboxylic acids is 1. The second kappa shape index (κ2) is 14.3. The number of aromatic nitrogens is 2. The van der Waals surface area contributed by atoms with Crippen molar-refractivity contribution in [1.82, 2.24) is 14.5 Å². The SMILES string of the molecule is Cn1c(=O)n(-c2ccc(C[C@H](NC(=O)c3c(Cl)cccc3Cl)C(=O)O)cc2)c(=O)c2ccc(N3CCCC3)cc21.O=C(O)C(F)(F)F. The maximum absolute atomic E-state index is 13.4. The lowest BCUT2D eigenvalue weighted by Gasteiger charge is -2.19. The van der Waals surface area contributed by atoms with Gasteiger partial charge < -0.3 is 20.4 Å². The van der Waals surface area contributed by atoms with Gasteiger partial charge in [-0.2, -0.15) is 13.2 Å². The molecule has 248 valence electrons. The summed E-state index contributed by atoms with van der Waals surface area (Å²) in [4.78, 5) is 62.4. The summed E-state index contributed by atoms with van der Waals surface area (Å²) in [5.74, 6) is -4.71. The first-order valence-electron chi connectivity index (χ1n) is 14.0. The van der Waals surface area contributed by atoms with E-state index in [1.54, 1.807) is 43.4 Å². The molecule has 1 aliphatic rings. The standard InChI is InChI=1S/C29H26Cl2N4O5.C2HF3O2/c1-33-24-16-19(34-13-2-3-14-34)11-12-20(24)27(37)35(29(33)40)18-9-7-17(8-10-18)15-23(28(38)39)32-26(36)25-21(30)5-4-6-22(25)31;3-2(4,5)1(6)7/h4-12,16,23H,2-3,13-15H2,1H3,(H,32,36)(H,38,39);(H,6,7)/t23-;/m0./s1. The molecule has 1 fully saturated rings. The Bertz CT molecular complexity index is 1930. The summed E-state index contributed by atoms with van der Waals surface area (Å²) < 4.78 is 34.3. The molecule has 0 aliphatic carbocycles. The van der Waals surface area contributed by atoms with Crippen LogP contribution in [0.5, 0.6) is 0 Å². The summed E-state index contributed by atoms with van der Waals surface area (Å²) in [7, 11) is 1.63. The zero-order chi connectivity index (χ0) is 34.6. The Kier molecular flexibility index (Phi) is 10.7. The fraction of sp³-hybridized carbons (Fsp3) is 0.258. The molecule has 4 aromatic rings. The quantitative estimate of drug-likeness (QED) is 0.253. The number of nitrogens with zero attached hydrogens (tertiary/aromatic N) is 3. The van der Waals surface area contributed by atoms with Crippen LogP contribution in [0.25, 0.3) is 16.6 Å². The Morgan fingerprint density at radius 1 is 0.915 bits per heavy atom. The van der Waals surface area contributed by atoms with E-state index in [4.69, 9.17) is 33.1 Å². The van der Waals surface area contributed by atoms with E-state index in [2.05, 4.69) is 10.2 Å². The van der Waals surface area contributed by atoms with E-state index in [9.17, 15) is 37.5 Å². The second-order valence-electron chi connectivity index (χ2n) is 10.5. The summed E-state index contributed by atoms with van der Waals surface area (Å²) >= 11 is 12.2. The molecule has 1 aliphatic heterocycles. The maximum atomic E-state index is 13.4. The highest BCUT2D eigenvalue weighted by molar-refractivity contribution is 6.39. The molecule has 0 unspecified atom stereocenters. The molecule has 1 atom stereocenters. The number of aryl methyl sites for hydroxylation is 1. The lowest BCUT2D eigenvalue weighted by atomic mass is 10.0. The summed E-state index contributed by atoms with van der Waals surface area (Å²) in [5.41, 5.74) is 1.53. The van der Waals surface area contributed by atoms with E-state index in [0.29, 0.717) is 22.2 Å². The third-order valence-electron chi connectivity index (χ3n) is 7.40. The first kappa shape index (κ1) is 35.0. The van der Waals surface area contributed by atoms with Gasteiger partial charge in [0.2, 0.25) is 0 Å². The van der Waals surface area contributed by atoms with Gasteiger partial charge in [-0.3, -0.25) is 14.2 Å². The minimum atomic E-state index is -5.08. The van der Waals surface area contributed by atoms with Gasteiger partial charge in [-0.25, -0.2) is 19.0 Å². The van der Waals surface area contributed by atoms with Gasteiger partial charge in [0.05, 0.1) is 32.2 Å². The molecule has 0 spiro atoms. The minimum Gasteiger partial charge on any atom is -0.480 e. The van der Waals surface area contributed by atoms with Gasteiger partial charge in [0.25, 0.3) is 11.5 Å². The minimum absolute atomic E-state index is 0.00786. The van der Waals surface area contributed by atoms with E-state index >= 15 is 0 Å². The number of hydrogen-bond donors (Lipinski definition) is 3. The summed E-state index contributed by atoms with van der Waals surface area (Å²) in [6, 6.07) is 15.2. The van der Waals surface area contributed by atoms with Gasteiger partial charge in [-0.1, -0.05) is 41.4 Å². The van der Waals surface area contributed by atoms with Crippen molar-refractivity contribution >= 4 is 57.6 Å². The second-order valence-corrected chi connectivity index (χ2v) is 11.3. The van der Waals surface area contributed by atoms with Crippen LogP contribution in [0.1, 0.15) is 28.8 Å². The molecular formula is C31H27Cl2F3N4O7. The summed E-state index contributed by atoms with van der Waals surface area (Å²) in [5, 5.41) is 19.9. The number of carbonyl (C=O) groups is 3. The van der Waals surface area contributed by atoms with Crippen molar-refractivity contribution in [3.05, 3.63) is 103 Å². The molecule has 0 radical (unpaired) electrons. The first-order valence-corrected chi connectivity index (χ1v) is 14.7. The molecule has 2 heterocycles. The molecule has 0 bridgehead atoms. The first-order chi connectivity index (χ1) is 22.1. The molecule has 3 N–H and O–H groups in total. The van der Waals surface area contributed by atoms with Crippen molar-refractivity contribution in [2.75, 3.05) is 18.0 Å². The number of benzene rings is 3. The molecule has 1 amide bonds. The smallest absolute Gasteiger partial charge is 0.480 e. The average Bonchev–Trinajstić information content (AvgIpc) is 3.55. The van der Waals surface area contributed by atoms with Crippen LogP contribution in [0.2, 0.25) is 10.0 Å². The number of hydrogen-bond acceptors (Lipinski definition) is 6. The molecular weight excluding hydrogens is 668 g/mol. The van der Waals surface area contributed by atoms with Gasteiger partial charge in [0.15, 0.2) is 0 Å². The van der Waals surface area contributed by atoms with Crippen molar-refractivity contribution in [2.24, 2.45) is 7.05 Å². The Morgan fingerprint density at radius 3 is 2.00 bits per heavy atom. The molecule has 16 heteroatoms. The number of carboxylic acids is 2. The predicted molar refractivity (Wildman–Crippen MR) is 169 cm³/mol. The zero-order valence-corrected chi connectivity index (χ0v) is 26.1. The Morgan fingerprint density at radius 2 is 1.47 bits per heavy atom. The fourth-order valence-electron chi connectivity index (χ4n) is 5.00. The number of carboxylic acid groups (broad SMARTS) is 2. The van der Waals surface area contributed by atoms with E-state index < -0.39 is 41.3 Å². The van der Waals surface area contributed by atoms with E-state index in [0.717, 1.165) is 36.2 Å². The van der Waals surface area contributed by atoms with Crippen LogP contribution < -0.4 is 21.5 Å². The lowest BCUT2D eigenvalue weighted by molar-refractivity contribution is -0.192. The van der Waals surface area contributed by atoms with Gasteiger partial charge >= 0.3 is 23.8 Å². The number of amides is 1. The third kappa shape index (κ3) is 7.95. The highest BCUT2D eigenvalue weighted by Gasteiger charge is 2.38. The summed E-state index contributed by atoms with van der Waals surface area (Å²) in [6.45, 7) is 1.89. The van der Waals surface area contributed by atoms with Crippen LogP contribution >= 0.6 is 23.2 Å². The highest BCUT2D eigenvalue weighted by atomic mass is 35.5. The van der Waals surface area contributed by atoms with Crippen molar-refractivity contribution in [3.63, 3.8) is 0 Å². The topological polar surface area (TPSA) is 151 Å². The number of rotatable bonds is 7. The molecule has 5 rings (SSSR count). The lowest BCUT2D eigenvalue weighted by Crippen LogP contribution is -2.42. The third-order valence-corrected chi connectivity index (χ3v) is 8.03. The Hall–Kier alpha value is -4.82. The fourth-order valence-corrected chi connectivity index (χ4v) is 5.57. The molecule has 1 saturated heterocycles. The maximum Gasteiger partial charge on any atom is 0.490 e. The van der Waals surface area contributed by atoms with Crippen LogP contribution in [0, 0.1) is 0 Å². The average molecular weight is 695 g/mol. The van der Waals surface area contributed by atoms with Crippen LogP contribution in [-0.4, -0.2) is 62.5 Å². The van der Waals surface area contributed by atoms with Crippen molar-refractivity contribution < 1.29 is 37.8 Å². The normalized spacial score (nSPS) is 13.5. The van der Waals surface area contributed by atoms with E-state index in [-0.39, 0.29) is 22.0 Å². The number of halogens is 5. The van der Waals surface area contributed by atoms with E-state index in [1.807, 2.05) is 12.1 Å². The van der Waals surface area contributed by atoms with Gasteiger partial charge in [0, 0.05) is 32.2 Å². The molecule has 47 heavy (non-hydrogen) atoms. The van der Waals surface area contributed by atoms with Gasteiger partial charge in [-0.15, -0.1) is 0 Å². The van der Waals surface area contributed by atoms with Crippen molar-refractivity contribution in [1.29, 1.82) is 0 Å². The number of anilines is 1. The number of fused-ring (bicyclic) bond motifs is 1. The largest absolute Gasteiger partial charge is 0.490 e. The molecule has 11 nitrogen and oxygen atoms in total. The number of aliphatic carboxylic acids is 2. The van der Waals surface area contributed by atoms with Crippen LogP contribution in [0.3, 0.4) is 0 Å². The Labute approximate surface area is 274 Å². The number of nitrogens with one attached hydrogen (secondary N) is 1.